The first-order chi connectivity index (χ1) is 12.0. The van der Waals surface area contributed by atoms with Crippen molar-refractivity contribution in [3.63, 3.8) is 0 Å². The van der Waals surface area contributed by atoms with Crippen molar-refractivity contribution >= 4 is 23.2 Å². The van der Waals surface area contributed by atoms with Gasteiger partial charge in [-0.2, -0.15) is 0 Å². The minimum atomic E-state index is -0.583. The summed E-state index contributed by atoms with van der Waals surface area (Å²) in [5, 5.41) is 7.54. The van der Waals surface area contributed by atoms with E-state index in [1.54, 1.807) is 11.3 Å². The Morgan fingerprint density at radius 3 is 2.64 bits per heavy atom. The molecule has 0 spiro atoms. The van der Waals surface area contributed by atoms with E-state index < -0.39 is 11.8 Å². The molecule has 1 saturated heterocycles. The molecule has 0 bridgehead atoms. The number of nitrogens with one attached hydrogen (secondary N) is 2. The molecule has 7 nitrogen and oxygen atoms in total. The molecule has 140 valence electrons. The Morgan fingerprint density at radius 1 is 1.32 bits per heavy atom. The fourth-order valence-electron chi connectivity index (χ4n) is 2.88. The first kappa shape index (κ1) is 19.8. The summed E-state index contributed by atoms with van der Waals surface area (Å²) < 4.78 is 5.44. The lowest BCUT2D eigenvalue weighted by Crippen LogP contribution is -2.51. The average molecular weight is 369 g/mol. The summed E-state index contributed by atoms with van der Waals surface area (Å²) in [4.78, 5) is 29.6. The molecule has 2 rings (SSSR count). The first-order valence-electron chi connectivity index (χ1n) is 8.57. The maximum atomic E-state index is 12.2. The van der Waals surface area contributed by atoms with Crippen LogP contribution in [-0.2, 0) is 14.3 Å². The molecule has 0 aromatic carbocycles. The SMILES string of the molecule is C[C@@H](NC(=O)C(=O)NCCN(C)C)[C@H](c1cccs1)N1CCOCC1. The van der Waals surface area contributed by atoms with Gasteiger partial charge in [-0.25, -0.2) is 0 Å². The third-order valence-electron chi connectivity index (χ3n) is 4.16. The van der Waals surface area contributed by atoms with Crippen LogP contribution in [0.4, 0.5) is 0 Å². The number of carbonyl (C=O) groups excluding carboxylic acids is 2. The normalized spacial score (nSPS) is 17.9. The molecule has 2 atom stereocenters. The van der Waals surface area contributed by atoms with E-state index in [4.69, 9.17) is 4.74 Å². The number of thiophene rings is 1. The molecule has 0 unspecified atom stereocenters. The van der Waals surface area contributed by atoms with Crippen molar-refractivity contribution in [1.29, 1.82) is 0 Å². The van der Waals surface area contributed by atoms with Gasteiger partial charge in [-0.3, -0.25) is 14.5 Å². The number of carbonyl (C=O) groups is 2. The smallest absolute Gasteiger partial charge is 0.309 e. The summed E-state index contributed by atoms with van der Waals surface area (Å²) in [5.41, 5.74) is 0. The van der Waals surface area contributed by atoms with E-state index >= 15 is 0 Å². The van der Waals surface area contributed by atoms with E-state index in [-0.39, 0.29) is 12.1 Å². The van der Waals surface area contributed by atoms with Crippen molar-refractivity contribution < 1.29 is 14.3 Å². The lowest BCUT2D eigenvalue weighted by Gasteiger charge is -2.37. The Labute approximate surface area is 153 Å². The molecule has 0 radical (unpaired) electrons. The van der Waals surface area contributed by atoms with Crippen LogP contribution in [0, 0.1) is 0 Å². The van der Waals surface area contributed by atoms with Crippen molar-refractivity contribution in [2.24, 2.45) is 0 Å². The lowest BCUT2D eigenvalue weighted by molar-refractivity contribution is -0.140. The van der Waals surface area contributed by atoms with Crippen molar-refractivity contribution in [2.75, 3.05) is 53.5 Å². The third-order valence-corrected chi connectivity index (χ3v) is 5.10. The van der Waals surface area contributed by atoms with Gasteiger partial charge in [-0.1, -0.05) is 6.07 Å². The molecule has 1 aliphatic rings. The van der Waals surface area contributed by atoms with Gasteiger partial charge >= 0.3 is 11.8 Å². The molecular formula is C17H28N4O3S. The number of ether oxygens (including phenoxy) is 1. The van der Waals surface area contributed by atoms with Crippen LogP contribution in [0.3, 0.4) is 0 Å². The van der Waals surface area contributed by atoms with Crippen LogP contribution in [0.5, 0.6) is 0 Å². The number of hydrogen-bond acceptors (Lipinski definition) is 6. The zero-order valence-corrected chi connectivity index (χ0v) is 16.0. The summed E-state index contributed by atoms with van der Waals surface area (Å²) >= 11 is 1.67. The Morgan fingerprint density at radius 2 is 2.04 bits per heavy atom. The molecule has 2 N–H and O–H groups in total. The van der Waals surface area contributed by atoms with Crippen LogP contribution in [0.15, 0.2) is 17.5 Å². The van der Waals surface area contributed by atoms with Crippen LogP contribution in [-0.4, -0.2) is 81.1 Å². The first-order valence-corrected chi connectivity index (χ1v) is 9.45. The van der Waals surface area contributed by atoms with Gasteiger partial charge < -0.3 is 20.3 Å². The van der Waals surface area contributed by atoms with Gasteiger partial charge in [0.1, 0.15) is 0 Å². The fourth-order valence-corrected chi connectivity index (χ4v) is 3.85. The Bertz CT molecular complexity index is 544. The second-order valence-electron chi connectivity index (χ2n) is 6.43. The van der Waals surface area contributed by atoms with E-state index in [1.165, 1.54) is 4.88 Å². The van der Waals surface area contributed by atoms with Crippen LogP contribution in [0.1, 0.15) is 17.8 Å². The molecule has 8 heteroatoms. The Hall–Kier alpha value is -1.48. The number of likely N-dealkylation sites (N-methyl/N-ethyl adjacent to an activating group) is 1. The zero-order valence-electron chi connectivity index (χ0n) is 15.2. The van der Waals surface area contributed by atoms with Crippen LogP contribution in [0.25, 0.3) is 0 Å². The predicted octanol–water partition coefficient (Wildman–Crippen LogP) is 0.304. The van der Waals surface area contributed by atoms with Crippen molar-refractivity contribution in [3.05, 3.63) is 22.4 Å². The molecular weight excluding hydrogens is 340 g/mol. The summed E-state index contributed by atoms with van der Waals surface area (Å²) in [6.07, 6.45) is 0. The van der Waals surface area contributed by atoms with Gasteiger partial charge in [0.15, 0.2) is 0 Å². The molecule has 2 amide bonds. The second-order valence-corrected chi connectivity index (χ2v) is 7.41. The minimum Gasteiger partial charge on any atom is -0.379 e. The average Bonchev–Trinajstić information content (AvgIpc) is 3.09. The summed E-state index contributed by atoms with van der Waals surface area (Å²) in [5.74, 6) is -1.17. The Balaban J connectivity index is 1.95. The molecule has 1 aromatic rings. The maximum absolute atomic E-state index is 12.2. The summed E-state index contributed by atoms with van der Waals surface area (Å²) in [6.45, 7) is 6.10. The molecule has 1 fully saturated rings. The van der Waals surface area contributed by atoms with E-state index in [0.717, 1.165) is 13.1 Å². The quantitative estimate of drug-likeness (QED) is 0.678. The van der Waals surface area contributed by atoms with E-state index in [2.05, 4.69) is 21.6 Å². The highest BCUT2D eigenvalue weighted by Crippen LogP contribution is 2.29. The van der Waals surface area contributed by atoms with Crippen LogP contribution < -0.4 is 10.6 Å². The highest BCUT2D eigenvalue weighted by Gasteiger charge is 2.30. The van der Waals surface area contributed by atoms with Gasteiger partial charge in [0.25, 0.3) is 0 Å². The van der Waals surface area contributed by atoms with E-state index in [1.807, 2.05) is 37.4 Å². The predicted molar refractivity (Wildman–Crippen MR) is 98.6 cm³/mol. The van der Waals surface area contributed by atoms with Crippen LogP contribution >= 0.6 is 11.3 Å². The molecule has 2 heterocycles. The van der Waals surface area contributed by atoms with Gasteiger partial charge in [0.05, 0.1) is 19.3 Å². The number of amides is 2. The number of morpholine rings is 1. The van der Waals surface area contributed by atoms with Crippen LogP contribution in [0.2, 0.25) is 0 Å². The molecule has 0 saturated carbocycles. The lowest BCUT2D eigenvalue weighted by atomic mass is 10.1. The van der Waals surface area contributed by atoms with Crippen molar-refractivity contribution in [2.45, 2.75) is 19.0 Å². The molecule has 1 aliphatic heterocycles. The fraction of sp³-hybridized carbons (Fsp3) is 0.647. The summed E-state index contributed by atoms with van der Waals surface area (Å²) in [6, 6.07) is 3.95. The highest BCUT2D eigenvalue weighted by molar-refractivity contribution is 7.10. The van der Waals surface area contributed by atoms with Gasteiger partial charge in [0.2, 0.25) is 0 Å². The molecule has 1 aromatic heterocycles. The topological polar surface area (TPSA) is 73.9 Å². The number of nitrogens with zero attached hydrogens (tertiary/aromatic N) is 2. The second kappa shape index (κ2) is 9.86. The standard InChI is InChI=1S/C17H28N4O3S/c1-13(19-17(23)16(22)18-6-7-20(2)3)15(14-5-4-12-25-14)21-8-10-24-11-9-21/h4-5,12-13,15H,6-11H2,1-3H3,(H,18,22)(H,19,23)/t13-,15-/m1/s1. The molecule has 25 heavy (non-hydrogen) atoms. The van der Waals surface area contributed by atoms with Gasteiger partial charge in [-0.15, -0.1) is 11.3 Å². The van der Waals surface area contributed by atoms with E-state index in [0.29, 0.717) is 26.3 Å². The summed E-state index contributed by atoms with van der Waals surface area (Å²) in [7, 11) is 3.84. The van der Waals surface area contributed by atoms with Crippen molar-refractivity contribution in [3.8, 4) is 0 Å². The Kier molecular flexibility index (Phi) is 7.83. The zero-order chi connectivity index (χ0) is 18.2. The van der Waals surface area contributed by atoms with Gasteiger partial charge in [0, 0.05) is 37.1 Å². The minimum absolute atomic E-state index is 0.0439. The van der Waals surface area contributed by atoms with Crippen molar-refractivity contribution in [1.82, 2.24) is 20.4 Å². The number of rotatable bonds is 7. The largest absolute Gasteiger partial charge is 0.379 e. The third kappa shape index (κ3) is 6.07. The van der Waals surface area contributed by atoms with Gasteiger partial charge in [-0.05, 0) is 32.5 Å². The maximum Gasteiger partial charge on any atom is 0.309 e. The molecule has 0 aliphatic carbocycles. The number of hydrogen-bond donors (Lipinski definition) is 2. The monoisotopic (exact) mass is 368 g/mol. The van der Waals surface area contributed by atoms with E-state index in [9.17, 15) is 9.59 Å². The highest BCUT2D eigenvalue weighted by atomic mass is 32.1.